The van der Waals surface area contributed by atoms with Gasteiger partial charge < -0.3 is 20.2 Å². The highest BCUT2D eigenvalue weighted by Gasteiger charge is 2.38. The first kappa shape index (κ1) is 16.3. The van der Waals surface area contributed by atoms with Gasteiger partial charge in [0.05, 0.1) is 0 Å². The predicted molar refractivity (Wildman–Crippen MR) is 73.2 cm³/mol. The molecule has 0 aromatic rings. The largest absolute Gasteiger partial charge is 0.480 e. The second-order valence-electron chi connectivity index (χ2n) is 5.31. The third kappa shape index (κ3) is 4.71. The molecule has 20 heavy (non-hydrogen) atoms. The highest BCUT2D eigenvalue weighted by molar-refractivity contribution is 5.86. The molecule has 0 saturated heterocycles. The Hall–Kier alpha value is -1.79. The average Bonchev–Trinajstić information content (AvgIpc) is 3.18. The van der Waals surface area contributed by atoms with Crippen molar-refractivity contribution < 1.29 is 19.5 Å². The van der Waals surface area contributed by atoms with Crippen LogP contribution in [0.25, 0.3) is 0 Å². The number of carboxylic acids is 1. The Morgan fingerprint density at radius 2 is 1.90 bits per heavy atom. The Bertz CT molecular complexity index is 380. The Labute approximate surface area is 118 Å². The number of aliphatic carboxylic acids is 1. The van der Waals surface area contributed by atoms with Crippen molar-refractivity contribution in [3.05, 3.63) is 0 Å². The van der Waals surface area contributed by atoms with Gasteiger partial charge in [-0.25, -0.2) is 9.59 Å². The molecule has 0 aliphatic heterocycles. The fraction of sp³-hybridized carbons (Fsp3) is 0.769. The molecule has 114 valence electrons. The van der Waals surface area contributed by atoms with E-state index in [1.807, 2.05) is 6.92 Å². The zero-order chi connectivity index (χ0) is 15.3. The number of carbonyl (C=O) groups is 3. The van der Waals surface area contributed by atoms with Gasteiger partial charge in [0.15, 0.2) is 0 Å². The Morgan fingerprint density at radius 1 is 1.30 bits per heavy atom. The third-order valence-electron chi connectivity index (χ3n) is 3.24. The van der Waals surface area contributed by atoms with E-state index < -0.39 is 18.0 Å². The van der Waals surface area contributed by atoms with Crippen LogP contribution in [0, 0.1) is 5.92 Å². The lowest BCUT2D eigenvalue weighted by molar-refractivity contribution is -0.139. The molecule has 0 radical (unpaired) electrons. The van der Waals surface area contributed by atoms with Crippen molar-refractivity contribution in [3.8, 4) is 0 Å². The average molecular weight is 285 g/mol. The first-order chi connectivity index (χ1) is 9.36. The van der Waals surface area contributed by atoms with Gasteiger partial charge in [-0.1, -0.05) is 6.92 Å². The van der Waals surface area contributed by atoms with Gasteiger partial charge in [0, 0.05) is 20.6 Å². The predicted octanol–water partition coefficient (Wildman–Crippen LogP) is 0.359. The van der Waals surface area contributed by atoms with Crippen LogP contribution in [-0.4, -0.2) is 66.0 Å². The Morgan fingerprint density at radius 3 is 2.30 bits per heavy atom. The quantitative estimate of drug-likeness (QED) is 0.706. The summed E-state index contributed by atoms with van der Waals surface area (Å²) < 4.78 is 0. The summed E-state index contributed by atoms with van der Waals surface area (Å²) in [6.45, 7) is 2.28. The summed E-state index contributed by atoms with van der Waals surface area (Å²) in [6, 6.07) is -1.34. The SMILES string of the molecule is CCCN(CC(=O)N(C)C)C(=O)NC(C(=O)O)C1CC1. The molecule has 2 N–H and O–H groups in total. The van der Waals surface area contributed by atoms with Gasteiger partial charge in [-0.15, -0.1) is 0 Å². The molecule has 7 heteroatoms. The molecule has 1 saturated carbocycles. The third-order valence-corrected chi connectivity index (χ3v) is 3.24. The highest BCUT2D eigenvalue weighted by Crippen LogP contribution is 2.32. The van der Waals surface area contributed by atoms with Crippen molar-refractivity contribution in [1.82, 2.24) is 15.1 Å². The van der Waals surface area contributed by atoms with E-state index in [0.29, 0.717) is 13.0 Å². The van der Waals surface area contributed by atoms with Crippen molar-refractivity contribution in [3.63, 3.8) is 0 Å². The minimum atomic E-state index is -1.02. The van der Waals surface area contributed by atoms with Crippen LogP contribution in [0.3, 0.4) is 0 Å². The molecule has 0 bridgehead atoms. The molecular formula is C13H23N3O4. The van der Waals surface area contributed by atoms with Gasteiger partial charge in [-0.2, -0.15) is 0 Å². The van der Waals surface area contributed by atoms with E-state index in [4.69, 9.17) is 5.11 Å². The molecule has 0 heterocycles. The minimum Gasteiger partial charge on any atom is -0.480 e. The molecular weight excluding hydrogens is 262 g/mol. The van der Waals surface area contributed by atoms with E-state index in [-0.39, 0.29) is 18.4 Å². The Balaban J connectivity index is 2.62. The van der Waals surface area contributed by atoms with Crippen molar-refractivity contribution in [2.24, 2.45) is 5.92 Å². The van der Waals surface area contributed by atoms with Gasteiger partial charge in [-0.3, -0.25) is 4.79 Å². The number of carboxylic acid groups (broad SMARTS) is 1. The summed E-state index contributed by atoms with van der Waals surface area (Å²) in [5.41, 5.74) is 0. The van der Waals surface area contributed by atoms with Crippen LogP contribution in [0.2, 0.25) is 0 Å². The first-order valence-corrected chi connectivity index (χ1v) is 6.85. The molecule has 1 aliphatic carbocycles. The van der Waals surface area contributed by atoms with Crippen LogP contribution in [0.4, 0.5) is 4.79 Å². The van der Waals surface area contributed by atoms with Crippen LogP contribution in [0.15, 0.2) is 0 Å². The van der Waals surface area contributed by atoms with Crippen molar-refractivity contribution in [2.75, 3.05) is 27.2 Å². The fourth-order valence-electron chi connectivity index (χ4n) is 1.86. The van der Waals surface area contributed by atoms with E-state index in [9.17, 15) is 14.4 Å². The monoisotopic (exact) mass is 285 g/mol. The van der Waals surface area contributed by atoms with Gasteiger partial charge in [0.25, 0.3) is 0 Å². The summed E-state index contributed by atoms with van der Waals surface area (Å²) in [6.07, 6.45) is 2.35. The van der Waals surface area contributed by atoms with Crippen molar-refractivity contribution >= 4 is 17.9 Å². The number of carbonyl (C=O) groups excluding carboxylic acids is 2. The first-order valence-electron chi connectivity index (χ1n) is 6.85. The Kier molecular flexibility index (Phi) is 5.79. The van der Waals surface area contributed by atoms with Gasteiger partial charge in [0.1, 0.15) is 12.6 Å². The number of likely N-dealkylation sites (N-methyl/N-ethyl adjacent to an activating group) is 1. The summed E-state index contributed by atoms with van der Waals surface area (Å²) >= 11 is 0. The van der Waals surface area contributed by atoms with Crippen LogP contribution >= 0.6 is 0 Å². The number of hydrogen-bond donors (Lipinski definition) is 2. The number of nitrogens with one attached hydrogen (secondary N) is 1. The maximum absolute atomic E-state index is 12.1. The highest BCUT2D eigenvalue weighted by atomic mass is 16.4. The smallest absolute Gasteiger partial charge is 0.326 e. The molecule has 7 nitrogen and oxygen atoms in total. The van der Waals surface area contributed by atoms with Crippen molar-refractivity contribution in [2.45, 2.75) is 32.2 Å². The summed E-state index contributed by atoms with van der Waals surface area (Å²) in [7, 11) is 3.24. The summed E-state index contributed by atoms with van der Waals surface area (Å²) in [5, 5.41) is 11.6. The van der Waals surface area contributed by atoms with Crippen LogP contribution in [0.1, 0.15) is 26.2 Å². The van der Waals surface area contributed by atoms with Gasteiger partial charge in [0.2, 0.25) is 5.91 Å². The lowest BCUT2D eigenvalue weighted by Crippen LogP contribution is -2.51. The molecule has 0 aromatic carbocycles. The van der Waals surface area contributed by atoms with Crippen LogP contribution < -0.4 is 5.32 Å². The molecule has 0 spiro atoms. The van der Waals surface area contributed by atoms with Crippen molar-refractivity contribution in [1.29, 1.82) is 0 Å². The lowest BCUT2D eigenvalue weighted by atomic mass is 10.2. The maximum atomic E-state index is 12.1. The van der Waals surface area contributed by atoms with E-state index in [1.54, 1.807) is 14.1 Å². The summed E-state index contributed by atoms with van der Waals surface area (Å²) in [5.74, 6) is -1.19. The molecule has 0 aromatic heterocycles. The molecule has 3 amide bonds. The number of amides is 3. The second-order valence-corrected chi connectivity index (χ2v) is 5.31. The van der Waals surface area contributed by atoms with E-state index in [2.05, 4.69) is 5.32 Å². The number of nitrogens with zero attached hydrogens (tertiary/aromatic N) is 2. The maximum Gasteiger partial charge on any atom is 0.326 e. The van der Waals surface area contributed by atoms with E-state index in [0.717, 1.165) is 12.8 Å². The van der Waals surface area contributed by atoms with Crippen LogP contribution in [-0.2, 0) is 9.59 Å². The van der Waals surface area contributed by atoms with Crippen LogP contribution in [0.5, 0.6) is 0 Å². The zero-order valence-electron chi connectivity index (χ0n) is 12.3. The summed E-state index contributed by atoms with van der Waals surface area (Å²) in [4.78, 5) is 37.7. The normalized spacial score (nSPS) is 15.3. The van der Waals surface area contributed by atoms with E-state index >= 15 is 0 Å². The molecule has 1 rings (SSSR count). The standard InChI is InChI=1S/C13H23N3O4/c1-4-7-16(8-10(17)15(2)3)13(20)14-11(12(18)19)9-5-6-9/h9,11H,4-8H2,1-3H3,(H,14,20)(H,18,19). The molecule has 1 aliphatic rings. The number of rotatable bonds is 7. The lowest BCUT2D eigenvalue weighted by Gasteiger charge is -2.25. The number of hydrogen-bond acceptors (Lipinski definition) is 3. The topological polar surface area (TPSA) is 90.0 Å². The second kappa shape index (κ2) is 7.12. The molecule has 1 atom stereocenters. The van der Waals surface area contributed by atoms with Gasteiger partial charge >= 0.3 is 12.0 Å². The molecule has 1 unspecified atom stereocenters. The zero-order valence-corrected chi connectivity index (χ0v) is 12.3. The minimum absolute atomic E-state index is 0.0180. The van der Waals surface area contributed by atoms with Gasteiger partial charge in [-0.05, 0) is 25.2 Å². The number of urea groups is 1. The van der Waals surface area contributed by atoms with E-state index in [1.165, 1.54) is 9.80 Å². The molecule has 1 fully saturated rings. The fourth-order valence-corrected chi connectivity index (χ4v) is 1.86.